The van der Waals surface area contributed by atoms with Gasteiger partial charge in [0.2, 0.25) is 0 Å². The first-order valence-electron chi connectivity index (χ1n) is 11.6. The van der Waals surface area contributed by atoms with Crippen molar-refractivity contribution in [2.24, 2.45) is 0 Å². The first-order chi connectivity index (χ1) is 16.5. The summed E-state index contributed by atoms with van der Waals surface area (Å²) in [5.41, 5.74) is 2.01. The Hall–Kier alpha value is -3.55. The molecule has 1 heterocycles. The van der Waals surface area contributed by atoms with Crippen LogP contribution < -0.4 is 20.1 Å². The monoisotopic (exact) mass is 470 g/mol. The Morgan fingerprint density at radius 1 is 1.03 bits per heavy atom. The van der Waals surface area contributed by atoms with Crippen molar-refractivity contribution in [1.29, 1.82) is 0 Å². The van der Waals surface area contributed by atoms with E-state index in [4.69, 9.17) is 14.2 Å². The molecule has 1 unspecified atom stereocenters. The van der Waals surface area contributed by atoms with Crippen LogP contribution in [0.3, 0.4) is 0 Å². The summed E-state index contributed by atoms with van der Waals surface area (Å²) in [4.78, 5) is 25.3. The summed E-state index contributed by atoms with van der Waals surface area (Å²) in [6.45, 7) is 6.25. The lowest BCUT2D eigenvalue weighted by Crippen LogP contribution is -2.46. The van der Waals surface area contributed by atoms with Crippen LogP contribution in [0.25, 0.3) is 0 Å². The summed E-state index contributed by atoms with van der Waals surface area (Å²) >= 11 is 0. The van der Waals surface area contributed by atoms with E-state index in [1.807, 2.05) is 13.8 Å². The fourth-order valence-corrected chi connectivity index (χ4v) is 3.73. The van der Waals surface area contributed by atoms with E-state index in [1.165, 1.54) is 6.07 Å². The van der Waals surface area contributed by atoms with Crippen molar-refractivity contribution in [1.82, 2.24) is 10.6 Å². The third kappa shape index (κ3) is 6.07. The lowest BCUT2D eigenvalue weighted by molar-refractivity contribution is -0.139. The number of allylic oxidation sites excluding steroid dienone is 1. The Labute approximate surface area is 199 Å². The predicted molar refractivity (Wildman–Crippen MR) is 126 cm³/mol. The van der Waals surface area contributed by atoms with Crippen molar-refractivity contribution in [3.05, 3.63) is 70.7 Å². The molecule has 1 atom stereocenters. The Balaban J connectivity index is 1.95. The average molecular weight is 471 g/mol. The molecule has 0 aliphatic carbocycles. The van der Waals surface area contributed by atoms with E-state index in [1.54, 1.807) is 43.3 Å². The third-order valence-electron chi connectivity index (χ3n) is 5.37. The number of hydrogen-bond acceptors (Lipinski definition) is 5. The molecule has 0 aromatic heterocycles. The Kier molecular flexibility index (Phi) is 8.90. The van der Waals surface area contributed by atoms with Crippen LogP contribution in [0.1, 0.15) is 57.2 Å². The first kappa shape index (κ1) is 25.1. The highest BCUT2D eigenvalue weighted by Gasteiger charge is 2.34. The second-order valence-electron chi connectivity index (χ2n) is 7.77. The van der Waals surface area contributed by atoms with Gasteiger partial charge in [-0.3, -0.25) is 0 Å². The van der Waals surface area contributed by atoms with Gasteiger partial charge in [0.25, 0.3) is 0 Å². The lowest BCUT2D eigenvalue weighted by atomic mass is 9.93. The van der Waals surface area contributed by atoms with E-state index in [2.05, 4.69) is 10.6 Å². The molecule has 0 saturated carbocycles. The summed E-state index contributed by atoms with van der Waals surface area (Å²) in [5.74, 6) is 0.0340. The number of carbonyl (C=O) groups excluding carboxylic acids is 2. The van der Waals surface area contributed by atoms with Crippen molar-refractivity contribution >= 4 is 12.0 Å². The zero-order chi connectivity index (χ0) is 24.5. The Morgan fingerprint density at radius 2 is 1.82 bits per heavy atom. The van der Waals surface area contributed by atoms with E-state index in [9.17, 15) is 14.0 Å². The minimum absolute atomic E-state index is 0.0331. The van der Waals surface area contributed by atoms with Crippen LogP contribution in [0.5, 0.6) is 11.5 Å². The smallest absolute Gasteiger partial charge is 0.338 e. The first-order valence-corrected chi connectivity index (χ1v) is 11.6. The molecule has 1 aliphatic rings. The number of ether oxygens (including phenoxy) is 3. The number of rotatable bonds is 11. The lowest BCUT2D eigenvalue weighted by Gasteiger charge is -2.30. The molecule has 34 heavy (non-hydrogen) atoms. The number of hydrogen-bond donors (Lipinski definition) is 2. The van der Waals surface area contributed by atoms with Gasteiger partial charge in [-0.15, -0.1) is 0 Å². The fraction of sp³-hybridized carbons (Fsp3) is 0.385. The highest BCUT2D eigenvalue weighted by atomic mass is 19.1. The molecule has 2 aromatic rings. The van der Waals surface area contributed by atoms with Crippen LogP contribution in [0.4, 0.5) is 9.18 Å². The number of urea groups is 1. The van der Waals surface area contributed by atoms with Crippen molar-refractivity contribution < 1.29 is 28.2 Å². The molecule has 3 rings (SSSR count). The summed E-state index contributed by atoms with van der Waals surface area (Å²) in [7, 11) is 0. The summed E-state index contributed by atoms with van der Waals surface area (Å²) in [6.07, 6.45) is 2.28. The molecule has 2 N–H and O–H groups in total. The normalized spacial score (nSPS) is 15.4. The maximum atomic E-state index is 14.0. The highest BCUT2D eigenvalue weighted by molar-refractivity contribution is 5.95. The van der Waals surface area contributed by atoms with Crippen LogP contribution in [-0.4, -0.2) is 25.2 Å². The van der Waals surface area contributed by atoms with Gasteiger partial charge in [0, 0.05) is 11.3 Å². The zero-order valence-corrected chi connectivity index (χ0v) is 19.8. The molecule has 0 bridgehead atoms. The molecular weight excluding hydrogens is 439 g/mol. The summed E-state index contributed by atoms with van der Waals surface area (Å²) in [6, 6.07) is 10.5. The molecule has 0 saturated heterocycles. The minimum atomic E-state index is -0.709. The molecule has 0 spiro atoms. The van der Waals surface area contributed by atoms with E-state index in [0.29, 0.717) is 46.9 Å². The van der Waals surface area contributed by atoms with Gasteiger partial charge in [0.1, 0.15) is 12.4 Å². The summed E-state index contributed by atoms with van der Waals surface area (Å²) in [5, 5.41) is 5.60. The fourth-order valence-electron chi connectivity index (χ4n) is 3.73. The van der Waals surface area contributed by atoms with Gasteiger partial charge in [-0.2, -0.15) is 0 Å². The second-order valence-corrected chi connectivity index (χ2v) is 7.77. The Morgan fingerprint density at radius 3 is 2.53 bits per heavy atom. The van der Waals surface area contributed by atoms with Gasteiger partial charge in [-0.05, 0) is 50.5 Å². The maximum absolute atomic E-state index is 14.0. The van der Waals surface area contributed by atoms with E-state index in [0.717, 1.165) is 12.8 Å². The topological polar surface area (TPSA) is 85.9 Å². The van der Waals surface area contributed by atoms with Gasteiger partial charge in [0.05, 0.1) is 24.8 Å². The number of esters is 1. The summed E-state index contributed by atoms with van der Waals surface area (Å²) < 4.78 is 30.9. The predicted octanol–water partition coefficient (Wildman–Crippen LogP) is 5.16. The number of benzene rings is 2. The van der Waals surface area contributed by atoms with Crippen LogP contribution in [0.2, 0.25) is 0 Å². The maximum Gasteiger partial charge on any atom is 0.338 e. The van der Waals surface area contributed by atoms with Crippen molar-refractivity contribution in [2.45, 2.75) is 52.7 Å². The molecule has 2 aromatic carbocycles. The second kappa shape index (κ2) is 12.1. The van der Waals surface area contributed by atoms with E-state index in [-0.39, 0.29) is 25.1 Å². The number of nitrogens with one attached hydrogen (secondary N) is 2. The molecule has 8 heteroatoms. The van der Waals surface area contributed by atoms with Gasteiger partial charge in [-0.25, -0.2) is 14.0 Å². The molecule has 0 fully saturated rings. The largest absolute Gasteiger partial charge is 0.490 e. The number of amides is 2. The number of carbonyl (C=O) groups is 2. The van der Waals surface area contributed by atoms with Gasteiger partial charge in [-0.1, -0.05) is 37.6 Å². The van der Waals surface area contributed by atoms with Crippen LogP contribution in [-0.2, 0) is 16.1 Å². The van der Waals surface area contributed by atoms with Crippen LogP contribution in [0.15, 0.2) is 53.7 Å². The molecule has 2 amide bonds. The quantitative estimate of drug-likeness (QED) is 0.443. The number of unbranched alkanes of at least 4 members (excludes halogenated alkanes) is 1. The van der Waals surface area contributed by atoms with Crippen molar-refractivity contribution in [2.75, 3.05) is 13.2 Å². The third-order valence-corrected chi connectivity index (χ3v) is 5.37. The molecule has 0 radical (unpaired) electrons. The standard InChI is InChI=1S/C26H31FN2O5/c1-4-7-12-20-23(25(30)33-6-3)24(29-26(31)28-20)17-13-14-21(22(15-17)32-5-2)34-16-18-10-8-9-11-19(18)27/h8-11,13-15,24H,4-7,12,16H2,1-3H3,(H2,28,29,31). The zero-order valence-electron chi connectivity index (χ0n) is 19.8. The number of halogens is 1. The minimum Gasteiger partial charge on any atom is -0.490 e. The van der Waals surface area contributed by atoms with E-state index >= 15 is 0 Å². The van der Waals surface area contributed by atoms with Gasteiger partial charge in [0.15, 0.2) is 11.5 Å². The van der Waals surface area contributed by atoms with Crippen molar-refractivity contribution in [3.63, 3.8) is 0 Å². The average Bonchev–Trinajstić information content (AvgIpc) is 2.82. The molecule has 182 valence electrons. The highest BCUT2D eigenvalue weighted by Crippen LogP contribution is 2.36. The molecular formula is C26H31FN2O5. The molecule has 7 nitrogen and oxygen atoms in total. The van der Waals surface area contributed by atoms with Crippen LogP contribution in [0, 0.1) is 5.82 Å². The van der Waals surface area contributed by atoms with Gasteiger partial charge < -0.3 is 24.8 Å². The Bertz CT molecular complexity index is 1050. The van der Waals surface area contributed by atoms with E-state index < -0.39 is 12.0 Å². The van der Waals surface area contributed by atoms with Crippen molar-refractivity contribution in [3.8, 4) is 11.5 Å². The molecule has 1 aliphatic heterocycles. The SMILES string of the molecule is CCCCC1=C(C(=O)OCC)C(c2ccc(OCc3ccccc3F)c(OCC)c2)NC(=O)N1. The van der Waals surface area contributed by atoms with Gasteiger partial charge >= 0.3 is 12.0 Å². The van der Waals surface area contributed by atoms with Crippen LogP contribution >= 0.6 is 0 Å².